The van der Waals surface area contributed by atoms with Gasteiger partial charge in [0.1, 0.15) is 11.6 Å². The van der Waals surface area contributed by atoms with E-state index in [4.69, 9.17) is 0 Å². The Balaban J connectivity index is 2.05. The number of phenols is 1. The minimum Gasteiger partial charge on any atom is -0.506 e. The smallest absolute Gasteiger partial charge is 0.261 e. The molecule has 0 radical (unpaired) electrons. The lowest BCUT2D eigenvalue weighted by atomic mass is 10.00. The second-order valence-corrected chi connectivity index (χ2v) is 4.83. The first kappa shape index (κ1) is 12.7. The van der Waals surface area contributed by atoms with Gasteiger partial charge in [-0.15, -0.1) is 0 Å². The number of carbonyl (C=O) groups is 1. The van der Waals surface area contributed by atoms with Crippen molar-refractivity contribution >= 4 is 11.6 Å². The molecule has 0 aliphatic carbocycles. The number of rotatable bonds is 1. The average Bonchev–Trinajstić information content (AvgIpc) is 2.47. The summed E-state index contributed by atoms with van der Waals surface area (Å²) in [6.45, 7) is 0.484. The van der Waals surface area contributed by atoms with Gasteiger partial charge in [-0.25, -0.2) is 4.39 Å². The van der Waals surface area contributed by atoms with Gasteiger partial charge >= 0.3 is 0 Å². The second-order valence-electron chi connectivity index (χ2n) is 4.83. The number of aromatic hydroxyl groups is 1. The van der Waals surface area contributed by atoms with E-state index in [1.165, 1.54) is 17.0 Å². The van der Waals surface area contributed by atoms with E-state index in [1.807, 2.05) is 6.07 Å². The molecule has 0 atom stereocenters. The van der Waals surface area contributed by atoms with E-state index < -0.39 is 11.7 Å². The lowest BCUT2D eigenvalue weighted by molar-refractivity contribution is 0.0980. The fraction of sp³-hybridized carbons (Fsp3) is 0.188. The van der Waals surface area contributed by atoms with E-state index in [9.17, 15) is 14.3 Å². The fourth-order valence-electron chi connectivity index (χ4n) is 2.61. The molecule has 1 amide bonds. The van der Waals surface area contributed by atoms with E-state index in [0.717, 1.165) is 18.4 Å². The molecule has 4 heteroatoms. The Morgan fingerprint density at radius 2 is 1.95 bits per heavy atom. The molecular formula is C16H14FNO2. The van der Waals surface area contributed by atoms with E-state index >= 15 is 0 Å². The molecule has 20 heavy (non-hydrogen) atoms. The minimum atomic E-state index is -0.542. The number of phenolic OH excluding ortho intramolecular Hbond substituents is 1. The molecular weight excluding hydrogens is 257 g/mol. The predicted octanol–water partition coefficient (Wildman–Crippen LogP) is 3.12. The number of fused-ring (bicyclic) bond motifs is 1. The van der Waals surface area contributed by atoms with Gasteiger partial charge in [0.05, 0.1) is 11.3 Å². The molecule has 2 aromatic rings. The van der Waals surface area contributed by atoms with E-state index in [2.05, 4.69) is 0 Å². The van der Waals surface area contributed by atoms with Crippen LogP contribution < -0.4 is 4.90 Å². The Bertz CT molecular complexity index is 669. The summed E-state index contributed by atoms with van der Waals surface area (Å²) in [6.07, 6.45) is 1.61. The quantitative estimate of drug-likeness (QED) is 0.865. The monoisotopic (exact) mass is 271 g/mol. The summed E-state index contributed by atoms with van der Waals surface area (Å²) < 4.78 is 13.8. The number of halogens is 1. The normalized spacial score (nSPS) is 13.9. The maximum Gasteiger partial charge on any atom is 0.261 e. The maximum atomic E-state index is 13.8. The van der Waals surface area contributed by atoms with Crippen molar-refractivity contribution in [3.05, 3.63) is 59.4 Å². The van der Waals surface area contributed by atoms with Gasteiger partial charge in [0, 0.05) is 6.54 Å². The third-order valence-electron chi connectivity index (χ3n) is 3.55. The molecule has 0 bridgehead atoms. The highest BCUT2D eigenvalue weighted by Gasteiger charge is 2.27. The first-order valence-corrected chi connectivity index (χ1v) is 6.56. The average molecular weight is 271 g/mol. The molecule has 0 fully saturated rings. The van der Waals surface area contributed by atoms with Crippen LogP contribution in [0, 0.1) is 5.82 Å². The van der Waals surface area contributed by atoms with E-state index in [0.29, 0.717) is 12.2 Å². The molecule has 3 rings (SSSR count). The van der Waals surface area contributed by atoms with Crippen LogP contribution in [0.2, 0.25) is 0 Å². The molecule has 3 nitrogen and oxygen atoms in total. The predicted molar refractivity (Wildman–Crippen MR) is 74.5 cm³/mol. The van der Waals surface area contributed by atoms with Crippen molar-refractivity contribution in [2.45, 2.75) is 12.8 Å². The molecule has 1 aliphatic rings. The van der Waals surface area contributed by atoms with Crippen LogP contribution in [0.1, 0.15) is 22.3 Å². The number of hydrogen-bond acceptors (Lipinski definition) is 2. The number of carbonyl (C=O) groups excluding carboxylic acids is 1. The van der Waals surface area contributed by atoms with Gasteiger partial charge in [-0.1, -0.05) is 24.3 Å². The number of aryl methyl sites for hydroxylation is 1. The number of para-hydroxylation sites is 1. The Labute approximate surface area is 116 Å². The zero-order chi connectivity index (χ0) is 14.1. The van der Waals surface area contributed by atoms with Gasteiger partial charge in [-0.05, 0) is 36.6 Å². The summed E-state index contributed by atoms with van der Waals surface area (Å²) in [5.41, 5.74) is 1.46. The number of amides is 1. The Morgan fingerprint density at radius 3 is 2.75 bits per heavy atom. The van der Waals surface area contributed by atoms with Crippen LogP contribution in [0.3, 0.4) is 0 Å². The van der Waals surface area contributed by atoms with Crippen LogP contribution >= 0.6 is 0 Å². The van der Waals surface area contributed by atoms with Crippen LogP contribution in [-0.2, 0) is 6.42 Å². The van der Waals surface area contributed by atoms with Gasteiger partial charge in [0.2, 0.25) is 0 Å². The number of hydrogen-bond donors (Lipinski definition) is 1. The Hall–Kier alpha value is -2.36. The van der Waals surface area contributed by atoms with Crippen molar-refractivity contribution in [3.8, 4) is 5.75 Å². The van der Waals surface area contributed by atoms with Gasteiger partial charge in [0.15, 0.2) is 0 Å². The van der Waals surface area contributed by atoms with Gasteiger partial charge in [-0.2, -0.15) is 0 Å². The highest BCUT2D eigenvalue weighted by atomic mass is 19.1. The lowest BCUT2D eigenvalue weighted by Crippen LogP contribution is -2.36. The molecule has 0 spiro atoms. The first-order valence-electron chi connectivity index (χ1n) is 6.56. The third-order valence-corrected chi connectivity index (χ3v) is 3.55. The first-order chi connectivity index (χ1) is 9.68. The summed E-state index contributed by atoms with van der Waals surface area (Å²) in [5, 5.41) is 10.0. The minimum absolute atomic E-state index is 0.0311. The SMILES string of the molecule is O=C(c1ccccc1F)N1CCCc2cccc(O)c21. The van der Waals surface area contributed by atoms with Crippen molar-refractivity contribution in [2.24, 2.45) is 0 Å². The molecule has 2 aromatic carbocycles. The maximum absolute atomic E-state index is 13.8. The van der Waals surface area contributed by atoms with Crippen LogP contribution in [0.5, 0.6) is 5.75 Å². The zero-order valence-corrected chi connectivity index (χ0v) is 10.8. The van der Waals surface area contributed by atoms with Crippen molar-refractivity contribution in [1.82, 2.24) is 0 Å². The van der Waals surface area contributed by atoms with Crippen LogP contribution in [-0.4, -0.2) is 17.6 Å². The number of benzene rings is 2. The van der Waals surface area contributed by atoms with Gasteiger partial charge in [-0.3, -0.25) is 4.79 Å². The molecule has 1 heterocycles. The van der Waals surface area contributed by atoms with Crippen molar-refractivity contribution in [3.63, 3.8) is 0 Å². The van der Waals surface area contributed by atoms with Crippen molar-refractivity contribution in [2.75, 3.05) is 11.4 Å². The standard InChI is InChI=1S/C16H14FNO2/c17-13-8-2-1-7-12(13)16(20)18-10-4-6-11-5-3-9-14(19)15(11)18/h1-3,5,7-9,19H,4,6,10H2. The lowest BCUT2D eigenvalue weighted by Gasteiger charge is -2.30. The van der Waals surface area contributed by atoms with Gasteiger partial charge in [0.25, 0.3) is 5.91 Å². The molecule has 0 aromatic heterocycles. The van der Waals surface area contributed by atoms with E-state index in [1.54, 1.807) is 24.3 Å². The summed E-state index contributed by atoms with van der Waals surface area (Å²) in [6, 6.07) is 11.1. The third kappa shape index (κ3) is 2.03. The molecule has 1 aliphatic heterocycles. The number of nitrogens with zero attached hydrogens (tertiary/aromatic N) is 1. The van der Waals surface area contributed by atoms with Crippen LogP contribution in [0.15, 0.2) is 42.5 Å². The highest BCUT2D eigenvalue weighted by molar-refractivity contribution is 6.07. The Morgan fingerprint density at radius 1 is 1.15 bits per heavy atom. The topological polar surface area (TPSA) is 40.5 Å². The van der Waals surface area contributed by atoms with Crippen molar-refractivity contribution < 1.29 is 14.3 Å². The summed E-state index contributed by atoms with van der Waals surface area (Å²) in [5.74, 6) is -0.891. The molecule has 102 valence electrons. The number of anilines is 1. The highest BCUT2D eigenvalue weighted by Crippen LogP contribution is 2.36. The fourth-order valence-corrected chi connectivity index (χ4v) is 2.61. The molecule has 0 unspecified atom stereocenters. The summed E-state index contributed by atoms with van der Waals surface area (Å²) >= 11 is 0. The molecule has 1 N–H and O–H groups in total. The van der Waals surface area contributed by atoms with Crippen LogP contribution in [0.25, 0.3) is 0 Å². The van der Waals surface area contributed by atoms with Gasteiger partial charge < -0.3 is 10.0 Å². The molecule has 0 saturated heterocycles. The Kier molecular flexibility index (Phi) is 3.14. The van der Waals surface area contributed by atoms with E-state index in [-0.39, 0.29) is 11.3 Å². The largest absolute Gasteiger partial charge is 0.506 e. The van der Waals surface area contributed by atoms with Crippen molar-refractivity contribution in [1.29, 1.82) is 0 Å². The molecule has 0 saturated carbocycles. The second kappa shape index (κ2) is 4.96. The summed E-state index contributed by atoms with van der Waals surface area (Å²) in [7, 11) is 0. The summed E-state index contributed by atoms with van der Waals surface area (Å²) in [4.78, 5) is 14.0. The van der Waals surface area contributed by atoms with Crippen LogP contribution in [0.4, 0.5) is 10.1 Å². The zero-order valence-electron chi connectivity index (χ0n) is 10.8.